The van der Waals surface area contributed by atoms with Crippen LogP contribution in [0.4, 0.5) is 0 Å². The summed E-state index contributed by atoms with van der Waals surface area (Å²) in [5, 5.41) is 0.949. The number of piperidine rings is 1. The molecule has 0 aromatic rings. The number of esters is 1. The van der Waals surface area contributed by atoms with E-state index in [1.54, 1.807) is 0 Å². The van der Waals surface area contributed by atoms with Crippen molar-refractivity contribution >= 4 is 27.8 Å². The van der Waals surface area contributed by atoms with Crippen molar-refractivity contribution in [3.63, 3.8) is 0 Å². The quantitative estimate of drug-likeness (QED) is 0.443. The van der Waals surface area contributed by atoms with Crippen molar-refractivity contribution in [1.29, 1.82) is 0 Å². The predicted octanol–water partition coefficient (Wildman–Crippen LogP) is 1.96. The van der Waals surface area contributed by atoms with Gasteiger partial charge in [0.05, 0.1) is 13.0 Å². The number of methoxy groups -OCH3 is 1. The molecule has 1 rings (SSSR count). The first-order valence-electron chi connectivity index (χ1n) is 6.10. The molecule has 0 bridgehead atoms. The van der Waals surface area contributed by atoms with Crippen LogP contribution in [0.5, 0.6) is 0 Å². The second-order valence-electron chi connectivity index (χ2n) is 4.32. The third-order valence-corrected chi connectivity index (χ3v) is 3.72. The average Bonchev–Trinajstić information content (AvgIpc) is 2.38. The summed E-state index contributed by atoms with van der Waals surface area (Å²) in [6.07, 6.45) is 4.05. The highest BCUT2D eigenvalue weighted by Gasteiger charge is 2.27. The molecule has 0 aromatic heterocycles. The van der Waals surface area contributed by atoms with Crippen LogP contribution < -0.4 is 0 Å². The van der Waals surface area contributed by atoms with E-state index in [0.29, 0.717) is 19.5 Å². The van der Waals surface area contributed by atoms with E-state index in [-0.39, 0.29) is 17.8 Å². The summed E-state index contributed by atoms with van der Waals surface area (Å²) in [6.45, 7) is 1.37. The van der Waals surface area contributed by atoms with E-state index in [1.807, 2.05) is 4.90 Å². The van der Waals surface area contributed by atoms with Crippen molar-refractivity contribution < 1.29 is 14.3 Å². The summed E-state index contributed by atoms with van der Waals surface area (Å²) in [7, 11) is 1.42. The first kappa shape index (κ1) is 14.5. The van der Waals surface area contributed by atoms with Gasteiger partial charge in [-0.2, -0.15) is 0 Å². The normalized spacial score (nSPS) is 16.9. The lowest BCUT2D eigenvalue weighted by Crippen LogP contribution is -2.40. The molecule has 0 aliphatic carbocycles. The minimum atomic E-state index is -0.142. The van der Waals surface area contributed by atoms with Crippen LogP contribution in [0.15, 0.2) is 0 Å². The van der Waals surface area contributed by atoms with Gasteiger partial charge in [0.15, 0.2) is 0 Å². The van der Waals surface area contributed by atoms with E-state index in [9.17, 15) is 9.59 Å². The number of rotatable bonds is 5. The summed E-state index contributed by atoms with van der Waals surface area (Å²) in [5.74, 6) is 0.0530. The van der Waals surface area contributed by atoms with E-state index in [2.05, 4.69) is 15.9 Å². The molecule has 5 heteroatoms. The number of carbonyl (C=O) groups is 2. The van der Waals surface area contributed by atoms with Crippen LogP contribution >= 0.6 is 15.9 Å². The Morgan fingerprint density at radius 2 is 1.94 bits per heavy atom. The van der Waals surface area contributed by atoms with E-state index in [4.69, 9.17) is 4.74 Å². The number of carbonyl (C=O) groups excluding carboxylic acids is 2. The Morgan fingerprint density at radius 3 is 2.47 bits per heavy atom. The molecule has 0 radical (unpaired) electrons. The van der Waals surface area contributed by atoms with Gasteiger partial charge < -0.3 is 9.64 Å². The van der Waals surface area contributed by atoms with E-state index in [0.717, 1.165) is 31.0 Å². The first-order chi connectivity index (χ1) is 8.19. The Kier molecular flexibility index (Phi) is 6.55. The van der Waals surface area contributed by atoms with Crippen LogP contribution in [0, 0.1) is 5.92 Å². The highest BCUT2D eigenvalue weighted by Crippen LogP contribution is 2.19. The van der Waals surface area contributed by atoms with Gasteiger partial charge in [-0.05, 0) is 25.7 Å². The van der Waals surface area contributed by atoms with Crippen LogP contribution in [-0.2, 0) is 14.3 Å². The highest BCUT2D eigenvalue weighted by molar-refractivity contribution is 9.09. The topological polar surface area (TPSA) is 46.6 Å². The Morgan fingerprint density at radius 1 is 1.29 bits per heavy atom. The smallest absolute Gasteiger partial charge is 0.308 e. The molecule has 1 saturated heterocycles. The van der Waals surface area contributed by atoms with Gasteiger partial charge >= 0.3 is 5.97 Å². The molecule has 0 atom stereocenters. The molecule has 1 amide bonds. The molecule has 0 aromatic carbocycles. The number of alkyl halides is 1. The van der Waals surface area contributed by atoms with Crippen LogP contribution in [0.3, 0.4) is 0 Å². The number of unbranched alkanes of at least 4 members (excludes halogenated alkanes) is 1. The van der Waals surface area contributed by atoms with E-state index < -0.39 is 0 Å². The van der Waals surface area contributed by atoms with Crippen LogP contribution in [0.2, 0.25) is 0 Å². The van der Waals surface area contributed by atoms with Gasteiger partial charge in [0.2, 0.25) is 5.91 Å². The van der Waals surface area contributed by atoms with Gasteiger partial charge in [-0.1, -0.05) is 15.9 Å². The fourth-order valence-corrected chi connectivity index (χ4v) is 2.46. The van der Waals surface area contributed by atoms with E-state index >= 15 is 0 Å². The third-order valence-electron chi connectivity index (χ3n) is 3.16. The lowest BCUT2D eigenvalue weighted by molar-refractivity contribution is -0.148. The van der Waals surface area contributed by atoms with Gasteiger partial charge in [0.1, 0.15) is 0 Å². The molecule has 4 nitrogen and oxygen atoms in total. The summed E-state index contributed by atoms with van der Waals surface area (Å²) >= 11 is 3.35. The van der Waals surface area contributed by atoms with Crippen molar-refractivity contribution in [2.24, 2.45) is 5.92 Å². The van der Waals surface area contributed by atoms with Gasteiger partial charge in [0.25, 0.3) is 0 Å². The minimum Gasteiger partial charge on any atom is -0.469 e. The fourth-order valence-electron chi connectivity index (χ4n) is 2.06. The van der Waals surface area contributed by atoms with Gasteiger partial charge in [-0.25, -0.2) is 0 Å². The Hall–Kier alpha value is -0.580. The molecular formula is C12H20BrNO3. The Bertz CT molecular complexity index is 262. The number of hydrogen-bond donors (Lipinski definition) is 0. The lowest BCUT2D eigenvalue weighted by atomic mass is 9.97. The fraction of sp³-hybridized carbons (Fsp3) is 0.833. The summed E-state index contributed by atoms with van der Waals surface area (Å²) in [5.41, 5.74) is 0. The van der Waals surface area contributed by atoms with Crippen LogP contribution in [0.25, 0.3) is 0 Å². The van der Waals surface area contributed by atoms with Crippen LogP contribution in [0.1, 0.15) is 32.1 Å². The van der Waals surface area contributed by atoms with Crippen molar-refractivity contribution in [3.05, 3.63) is 0 Å². The largest absolute Gasteiger partial charge is 0.469 e. The number of likely N-dealkylation sites (tertiary alicyclic amines) is 1. The number of ether oxygens (including phenoxy) is 1. The molecule has 0 unspecified atom stereocenters. The maximum Gasteiger partial charge on any atom is 0.308 e. The maximum absolute atomic E-state index is 11.8. The SMILES string of the molecule is COC(=O)C1CCN(C(=O)CCCCBr)CC1. The molecule has 0 N–H and O–H groups in total. The standard InChI is InChI=1S/C12H20BrNO3/c1-17-12(16)10-5-8-14(9-6-10)11(15)4-2-3-7-13/h10H,2-9H2,1H3. The van der Waals surface area contributed by atoms with Gasteiger partial charge in [-0.3, -0.25) is 9.59 Å². The summed E-state index contributed by atoms with van der Waals surface area (Å²) < 4.78 is 4.72. The average molecular weight is 306 g/mol. The van der Waals surface area contributed by atoms with Gasteiger partial charge in [0, 0.05) is 24.8 Å². The van der Waals surface area contributed by atoms with Crippen molar-refractivity contribution in [2.45, 2.75) is 32.1 Å². The minimum absolute atomic E-state index is 0.0217. The second-order valence-corrected chi connectivity index (χ2v) is 5.12. The number of nitrogens with zero attached hydrogens (tertiary/aromatic N) is 1. The number of hydrogen-bond acceptors (Lipinski definition) is 3. The molecular weight excluding hydrogens is 286 g/mol. The molecule has 1 aliphatic heterocycles. The molecule has 0 saturated carbocycles. The summed E-state index contributed by atoms with van der Waals surface area (Å²) in [4.78, 5) is 25.0. The monoisotopic (exact) mass is 305 g/mol. The zero-order valence-corrected chi connectivity index (χ0v) is 11.9. The first-order valence-corrected chi connectivity index (χ1v) is 7.22. The number of halogens is 1. The molecule has 17 heavy (non-hydrogen) atoms. The maximum atomic E-state index is 11.8. The molecule has 1 aliphatic rings. The Balaban J connectivity index is 2.26. The van der Waals surface area contributed by atoms with Crippen LogP contribution in [-0.4, -0.2) is 42.3 Å². The number of amides is 1. The summed E-state index contributed by atoms with van der Waals surface area (Å²) in [6, 6.07) is 0. The van der Waals surface area contributed by atoms with Crippen molar-refractivity contribution in [3.8, 4) is 0 Å². The zero-order valence-electron chi connectivity index (χ0n) is 10.3. The molecule has 1 heterocycles. The third kappa shape index (κ3) is 4.66. The van der Waals surface area contributed by atoms with Crippen molar-refractivity contribution in [1.82, 2.24) is 4.90 Å². The second kappa shape index (κ2) is 7.69. The van der Waals surface area contributed by atoms with Gasteiger partial charge in [-0.15, -0.1) is 0 Å². The molecule has 1 fully saturated rings. The zero-order chi connectivity index (χ0) is 12.7. The Labute approximate surface area is 111 Å². The van der Waals surface area contributed by atoms with Crippen molar-refractivity contribution in [2.75, 3.05) is 25.5 Å². The highest BCUT2D eigenvalue weighted by atomic mass is 79.9. The molecule has 98 valence electrons. The molecule has 0 spiro atoms. The predicted molar refractivity (Wildman–Crippen MR) is 69.0 cm³/mol. The van der Waals surface area contributed by atoms with E-state index in [1.165, 1.54) is 7.11 Å². The lowest BCUT2D eigenvalue weighted by Gasteiger charge is -2.30.